The van der Waals surface area contributed by atoms with Crippen molar-refractivity contribution >= 4 is 11.5 Å². The van der Waals surface area contributed by atoms with E-state index in [1.54, 1.807) is 6.92 Å². The van der Waals surface area contributed by atoms with Gasteiger partial charge in [0.05, 0.1) is 6.54 Å². The van der Waals surface area contributed by atoms with E-state index < -0.39 is 0 Å². The number of ketones is 1. The van der Waals surface area contributed by atoms with Crippen LogP contribution in [0.5, 0.6) is 0 Å². The van der Waals surface area contributed by atoms with Gasteiger partial charge in [0.25, 0.3) is 0 Å². The molecule has 0 aliphatic carbocycles. The summed E-state index contributed by atoms with van der Waals surface area (Å²) in [6.07, 6.45) is 3.55. The first-order valence-corrected chi connectivity index (χ1v) is 5.59. The summed E-state index contributed by atoms with van der Waals surface area (Å²) in [5, 5.41) is 0. The number of benzene rings is 1. The molecular weight excluding hydrogens is 186 g/mol. The lowest BCUT2D eigenvalue weighted by Gasteiger charge is -2.23. The first kappa shape index (κ1) is 10.2. The summed E-state index contributed by atoms with van der Waals surface area (Å²) in [5.41, 5.74) is 2.64. The van der Waals surface area contributed by atoms with E-state index in [0.717, 1.165) is 13.0 Å². The van der Waals surface area contributed by atoms with Gasteiger partial charge in [-0.25, -0.2) is 0 Å². The van der Waals surface area contributed by atoms with Crippen LogP contribution < -0.4 is 4.90 Å². The van der Waals surface area contributed by atoms with E-state index in [1.807, 2.05) is 0 Å². The maximum absolute atomic E-state index is 11.2. The minimum atomic E-state index is 0.242. The predicted octanol–water partition coefficient (Wildman–Crippen LogP) is 2.42. The third-order valence-corrected chi connectivity index (χ3v) is 2.87. The molecule has 0 unspecified atom stereocenters. The SMILES string of the molecule is CC(=O)CN1CCCCc2ccccc21. The van der Waals surface area contributed by atoms with Gasteiger partial charge >= 0.3 is 0 Å². The number of carbonyl (C=O) groups is 1. The number of fused-ring (bicyclic) bond motifs is 1. The Morgan fingerprint density at radius 2 is 2.13 bits per heavy atom. The Balaban J connectivity index is 2.28. The van der Waals surface area contributed by atoms with E-state index in [4.69, 9.17) is 0 Å². The highest BCUT2D eigenvalue weighted by atomic mass is 16.1. The van der Waals surface area contributed by atoms with Crippen molar-refractivity contribution in [1.29, 1.82) is 0 Å². The van der Waals surface area contributed by atoms with Gasteiger partial charge in [0.2, 0.25) is 0 Å². The molecule has 1 aliphatic rings. The topological polar surface area (TPSA) is 20.3 Å². The quantitative estimate of drug-likeness (QED) is 0.735. The Kier molecular flexibility index (Phi) is 3.05. The Hall–Kier alpha value is -1.31. The number of nitrogens with zero attached hydrogens (tertiary/aromatic N) is 1. The third-order valence-electron chi connectivity index (χ3n) is 2.87. The van der Waals surface area contributed by atoms with Crippen LogP contribution in [0.2, 0.25) is 0 Å². The molecule has 80 valence electrons. The largest absolute Gasteiger partial charge is 0.364 e. The van der Waals surface area contributed by atoms with Crippen LogP contribution in [0.1, 0.15) is 25.3 Å². The molecule has 1 aromatic carbocycles. The zero-order chi connectivity index (χ0) is 10.7. The minimum Gasteiger partial charge on any atom is -0.364 e. The van der Waals surface area contributed by atoms with E-state index in [0.29, 0.717) is 6.54 Å². The monoisotopic (exact) mass is 203 g/mol. The number of aryl methyl sites for hydroxylation is 1. The summed E-state index contributed by atoms with van der Waals surface area (Å²) in [6, 6.07) is 8.44. The number of para-hydroxylation sites is 1. The number of anilines is 1. The van der Waals surface area contributed by atoms with E-state index in [1.165, 1.54) is 24.1 Å². The number of Topliss-reactive ketones (excluding diaryl/α,β-unsaturated/α-hetero) is 1. The molecule has 0 spiro atoms. The molecular formula is C13H17NO. The van der Waals surface area contributed by atoms with Crippen molar-refractivity contribution in [3.8, 4) is 0 Å². The molecule has 0 atom stereocenters. The summed E-state index contributed by atoms with van der Waals surface area (Å²) >= 11 is 0. The zero-order valence-electron chi connectivity index (χ0n) is 9.20. The fraction of sp³-hybridized carbons (Fsp3) is 0.462. The molecule has 2 heteroatoms. The fourth-order valence-electron chi connectivity index (χ4n) is 2.20. The van der Waals surface area contributed by atoms with E-state index >= 15 is 0 Å². The summed E-state index contributed by atoms with van der Waals surface area (Å²) in [7, 11) is 0. The van der Waals surface area contributed by atoms with Crippen LogP contribution in [0.15, 0.2) is 24.3 Å². The average Bonchev–Trinajstić information content (AvgIpc) is 2.41. The van der Waals surface area contributed by atoms with Gasteiger partial charge < -0.3 is 4.90 Å². The van der Waals surface area contributed by atoms with Crippen molar-refractivity contribution in [3.05, 3.63) is 29.8 Å². The maximum atomic E-state index is 11.2. The third kappa shape index (κ3) is 2.38. The molecule has 0 saturated carbocycles. The molecule has 0 fully saturated rings. The summed E-state index contributed by atoms with van der Waals surface area (Å²) in [5.74, 6) is 0.242. The van der Waals surface area contributed by atoms with Gasteiger partial charge in [-0.2, -0.15) is 0 Å². The lowest BCUT2D eigenvalue weighted by molar-refractivity contribution is -0.115. The Bertz CT molecular complexity index is 359. The molecule has 0 amide bonds. The summed E-state index contributed by atoms with van der Waals surface area (Å²) < 4.78 is 0. The highest BCUT2D eigenvalue weighted by molar-refractivity contribution is 5.81. The maximum Gasteiger partial charge on any atom is 0.149 e. The number of hydrogen-bond acceptors (Lipinski definition) is 2. The molecule has 0 bridgehead atoms. The fourth-order valence-corrected chi connectivity index (χ4v) is 2.20. The molecule has 1 heterocycles. The number of rotatable bonds is 2. The van der Waals surface area contributed by atoms with Crippen molar-refractivity contribution in [3.63, 3.8) is 0 Å². The van der Waals surface area contributed by atoms with E-state index in [9.17, 15) is 4.79 Å². The van der Waals surface area contributed by atoms with Crippen LogP contribution in [-0.4, -0.2) is 18.9 Å². The molecule has 1 aromatic rings. The van der Waals surface area contributed by atoms with Crippen molar-refractivity contribution in [2.45, 2.75) is 26.2 Å². The van der Waals surface area contributed by atoms with Crippen LogP contribution in [0, 0.1) is 0 Å². The van der Waals surface area contributed by atoms with Gasteiger partial charge in [-0.05, 0) is 37.8 Å². The lowest BCUT2D eigenvalue weighted by atomic mass is 10.1. The average molecular weight is 203 g/mol. The molecule has 2 rings (SSSR count). The van der Waals surface area contributed by atoms with Crippen LogP contribution in [0.4, 0.5) is 5.69 Å². The van der Waals surface area contributed by atoms with Crippen molar-refractivity contribution < 1.29 is 4.79 Å². The summed E-state index contributed by atoms with van der Waals surface area (Å²) in [4.78, 5) is 13.4. The normalized spacial score (nSPS) is 15.7. The van der Waals surface area contributed by atoms with Gasteiger partial charge in [-0.15, -0.1) is 0 Å². The second-order valence-electron chi connectivity index (χ2n) is 4.21. The first-order chi connectivity index (χ1) is 7.27. The minimum absolute atomic E-state index is 0.242. The van der Waals surface area contributed by atoms with Gasteiger partial charge in [0, 0.05) is 12.2 Å². The second kappa shape index (κ2) is 4.47. The van der Waals surface area contributed by atoms with Crippen molar-refractivity contribution in [1.82, 2.24) is 0 Å². The Morgan fingerprint density at radius 3 is 2.93 bits per heavy atom. The Labute approximate surface area is 90.9 Å². The molecule has 0 N–H and O–H groups in total. The lowest BCUT2D eigenvalue weighted by Crippen LogP contribution is -2.29. The second-order valence-corrected chi connectivity index (χ2v) is 4.21. The standard InChI is InChI=1S/C13H17NO/c1-11(15)10-14-9-5-4-7-12-6-2-3-8-13(12)14/h2-3,6,8H,4-5,7,9-10H2,1H3. The number of hydrogen-bond donors (Lipinski definition) is 0. The van der Waals surface area contributed by atoms with Crippen LogP contribution >= 0.6 is 0 Å². The molecule has 0 radical (unpaired) electrons. The summed E-state index contributed by atoms with van der Waals surface area (Å²) in [6.45, 7) is 3.22. The van der Waals surface area contributed by atoms with Gasteiger partial charge in [-0.1, -0.05) is 18.2 Å². The smallest absolute Gasteiger partial charge is 0.149 e. The highest BCUT2D eigenvalue weighted by Crippen LogP contribution is 2.25. The first-order valence-electron chi connectivity index (χ1n) is 5.59. The van der Waals surface area contributed by atoms with E-state index in [2.05, 4.69) is 29.2 Å². The van der Waals surface area contributed by atoms with Crippen LogP contribution in [0.25, 0.3) is 0 Å². The van der Waals surface area contributed by atoms with Gasteiger partial charge in [0.1, 0.15) is 5.78 Å². The van der Waals surface area contributed by atoms with Crippen LogP contribution in [0.3, 0.4) is 0 Å². The van der Waals surface area contributed by atoms with Crippen molar-refractivity contribution in [2.75, 3.05) is 18.0 Å². The predicted molar refractivity (Wildman–Crippen MR) is 62.3 cm³/mol. The van der Waals surface area contributed by atoms with E-state index in [-0.39, 0.29) is 5.78 Å². The molecule has 0 aromatic heterocycles. The van der Waals surface area contributed by atoms with Crippen LogP contribution in [-0.2, 0) is 11.2 Å². The molecule has 2 nitrogen and oxygen atoms in total. The Morgan fingerprint density at radius 1 is 1.33 bits per heavy atom. The number of carbonyl (C=O) groups excluding carboxylic acids is 1. The zero-order valence-corrected chi connectivity index (χ0v) is 9.20. The van der Waals surface area contributed by atoms with Gasteiger partial charge in [-0.3, -0.25) is 4.79 Å². The van der Waals surface area contributed by atoms with Crippen molar-refractivity contribution in [2.24, 2.45) is 0 Å². The molecule has 15 heavy (non-hydrogen) atoms. The molecule has 1 aliphatic heterocycles. The highest BCUT2D eigenvalue weighted by Gasteiger charge is 2.15. The molecule has 0 saturated heterocycles. The van der Waals surface area contributed by atoms with Gasteiger partial charge in [0.15, 0.2) is 0 Å².